The van der Waals surface area contributed by atoms with Gasteiger partial charge in [-0.15, -0.1) is 24.8 Å². The van der Waals surface area contributed by atoms with Crippen LogP contribution in [0.15, 0.2) is 0 Å². The molecule has 2 heterocycles. The summed E-state index contributed by atoms with van der Waals surface area (Å²) in [5.41, 5.74) is 5.76. The molecule has 2 saturated heterocycles. The molecule has 0 aromatic heterocycles. The second kappa shape index (κ2) is 9.42. The third kappa shape index (κ3) is 5.20. The zero-order chi connectivity index (χ0) is 14.7. The third-order valence-corrected chi connectivity index (χ3v) is 5.44. The summed E-state index contributed by atoms with van der Waals surface area (Å²) in [4.78, 5) is 17.1. The van der Waals surface area contributed by atoms with E-state index in [1.807, 2.05) is 4.90 Å². The molecule has 23 heavy (non-hydrogen) atoms. The Balaban J connectivity index is 0.00000132. The van der Waals surface area contributed by atoms with Gasteiger partial charge in [0.2, 0.25) is 5.91 Å². The quantitative estimate of drug-likeness (QED) is 0.824. The van der Waals surface area contributed by atoms with Crippen LogP contribution >= 0.6 is 24.8 Å². The summed E-state index contributed by atoms with van der Waals surface area (Å²) in [6.45, 7) is 6.81. The van der Waals surface area contributed by atoms with Crippen molar-refractivity contribution in [1.29, 1.82) is 0 Å². The van der Waals surface area contributed by atoms with Crippen LogP contribution in [-0.4, -0.2) is 67.2 Å². The van der Waals surface area contributed by atoms with Crippen molar-refractivity contribution in [3.63, 3.8) is 0 Å². The van der Waals surface area contributed by atoms with Gasteiger partial charge < -0.3 is 15.4 Å². The molecule has 136 valence electrons. The van der Waals surface area contributed by atoms with Gasteiger partial charge >= 0.3 is 0 Å². The molecule has 3 fully saturated rings. The van der Waals surface area contributed by atoms with Gasteiger partial charge in [0.25, 0.3) is 0 Å². The maximum Gasteiger partial charge on any atom is 0.242 e. The first-order valence-corrected chi connectivity index (χ1v) is 8.56. The van der Waals surface area contributed by atoms with E-state index < -0.39 is 5.54 Å². The Morgan fingerprint density at radius 2 is 1.61 bits per heavy atom. The van der Waals surface area contributed by atoms with E-state index in [4.69, 9.17) is 10.5 Å². The van der Waals surface area contributed by atoms with Gasteiger partial charge in [0.05, 0.1) is 18.8 Å². The van der Waals surface area contributed by atoms with Gasteiger partial charge in [-0.1, -0.05) is 12.8 Å². The van der Waals surface area contributed by atoms with E-state index in [9.17, 15) is 4.79 Å². The highest BCUT2D eigenvalue weighted by Gasteiger charge is 2.40. The number of piperidine rings is 1. The van der Waals surface area contributed by atoms with Crippen LogP contribution in [0, 0.1) is 5.92 Å². The lowest BCUT2D eigenvalue weighted by Crippen LogP contribution is -2.55. The summed E-state index contributed by atoms with van der Waals surface area (Å²) in [6, 6.07) is 0. The van der Waals surface area contributed by atoms with Crippen LogP contribution < -0.4 is 5.73 Å². The number of halogens is 2. The Labute approximate surface area is 152 Å². The topological polar surface area (TPSA) is 58.8 Å². The van der Waals surface area contributed by atoms with Crippen LogP contribution in [0.1, 0.15) is 38.5 Å². The molecule has 3 rings (SSSR count). The fraction of sp³-hybridized carbons (Fsp3) is 0.938. The fourth-order valence-electron chi connectivity index (χ4n) is 4.00. The highest BCUT2D eigenvalue weighted by molar-refractivity contribution is 5.86. The minimum atomic E-state index is -0.545. The number of nitrogens with zero attached hydrogens (tertiary/aromatic N) is 2. The number of rotatable bonds is 3. The summed E-state index contributed by atoms with van der Waals surface area (Å²) >= 11 is 0. The number of carbonyl (C=O) groups excluding carboxylic acids is 1. The molecular formula is C16H31Cl2N3O2. The molecule has 3 aliphatic rings. The van der Waals surface area contributed by atoms with Crippen molar-refractivity contribution in [1.82, 2.24) is 9.80 Å². The molecule has 0 atom stereocenters. The monoisotopic (exact) mass is 367 g/mol. The van der Waals surface area contributed by atoms with Crippen LogP contribution in [0.5, 0.6) is 0 Å². The van der Waals surface area contributed by atoms with E-state index in [0.717, 1.165) is 83.8 Å². The van der Waals surface area contributed by atoms with Crippen LogP contribution in [-0.2, 0) is 9.53 Å². The highest BCUT2D eigenvalue weighted by atomic mass is 35.5. The molecular weight excluding hydrogens is 337 g/mol. The van der Waals surface area contributed by atoms with Gasteiger partial charge in [-0.3, -0.25) is 9.69 Å². The summed E-state index contributed by atoms with van der Waals surface area (Å²) in [5, 5.41) is 0. The Bertz CT molecular complexity index is 364. The number of morpholine rings is 1. The van der Waals surface area contributed by atoms with E-state index in [2.05, 4.69) is 4.90 Å². The SMILES string of the molecule is Cl.Cl.NC1(C(=O)N2CCC(CN3CCOCC3)CC2)CCCC1. The van der Waals surface area contributed by atoms with Gasteiger partial charge in [-0.2, -0.15) is 0 Å². The molecule has 5 nitrogen and oxygen atoms in total. The summed E-state index contributed by atoms with van der Waals surface area (Å²) in [7, 11) is 0. The largest absolute Gasteiger partial charge is 0.379 e. The average Bonchev–Trinajstić information content (AvgIpc) is 2.96. The highest BCUT2D eigenvalue weighted by Crippen LogP contribution is 2.30. The molecule has 2 N–H and O–H groups in total. The molecule has 0 radical (unpaired) electrons. The van der Waals surface area contributed by atoms with E-state index in [1.165, 1.54) is 6.54 Å². The number of likely N-dealkylation sites (tertiary alicyclic amines) is 1. The molecule has 1 saturated carbocycles. The fourth-order valence-corrected chi connectivity index (χ4v) is 4.00. The lowest BCUT2D eigenvalue weighted by atomic mass is 9.92. The molecule has 1 aliphatic carbocycles. The Kier molecular flexibility index (Phi) is 8.59. The van der Waals surface area contributed by atoms with E-state index >= 15 is 0 Å². The molecule has 0 spiro atoms. The predicted octanol–water partition coefficient (Wildman–Crippen LogP) is 1.67. The Morgan fingerprint density at radius 1 is 1.04 bits per heavy atom. The van der Waals surface area contributed by atoms with Crippen molar-refractivity contribution in [2.75, 3.05) is 45.9 Å². The first-order chi connectivity index (χ1) is 10.2. The van der Waals surface area contributed by atoms with Gasteiger partial charge in [-0.25, -0.2) is 0 Å². The van der Waals surface area contributed by atoms with Gasteiger partial charge in [-0.05, 0) is 31.6 Å². The smallest absolute Gasteiger partial charge is 0.242 e. The van der Waals surface area contributed by atoms with E-state index in [-0.39, 0.29) is 30.7 Å². The number of ether oxygens (including phenoxy) is 1. The average molecular weight is 368 g/mol. The zero-order valence-corrected chi connectivity index (χ0v) is 15.5. The van der Waals surface area contributed by atoms with E-state index in [0.29, 0.717) is 0 Å². The Hall–Kier alpha value is -0.0700. The van der Waals surface area contributed by atoms with E-state index in [1.54, 1.807) is 0 Å². The number of hydrogen-bond donors (Lipinski definition) is 1. The summed E-state index contributed by atoms with van der Waals surface area (Å²) < 4.78 is 5.40. The van der Waals surface area contributed by atoms with Crippen molar-refractivity contribution in [2.45, 2.75) is 44.1 Å². The number of carbonyl (C=O) groups is 1. The third-order valence-electron chi connectivity index (χ3n) is 5.44. The molecule has 7 heteroatoms. The molecule has 0 aromatic carbocycles. The Morgan fingerprint density at radius 3 is 2.17 bits per heavy atom. The molecule has 2 aliphatic heterocycles. The minimum absolute atomic E-state index is 0. The normalized spacial score (nSPS) is 25.5. The van der Waals surface area contributed by atoms with Crippen molar-refractivity contribution < 1.29 is 9.53 Å². The number of amides is 1. The lowest BCUT2D eigenvalue weighted by Gasteiger charge is -2.38. The second-order valence-corrected chi connectivity index (χ2v) is 7.01. The summed E-state index contributed by atoms with van der Waals surface area (Å²) in [6.07, 6.45) is 6.21. The van der Waals surface area contributed by atoms with Crippen molar-refractivity contribution >= 4 is 30.7 Å². The van der Waals surface area contributed by atoms with Crippen molar-refractivity contribution in [3.05, 3.63) is 0 Å². The van der Waals surface area contributed by atoms with Crippen LogP contribution in [0.2, 0.25) is 0 Å². The predicted molar refractivity (Wildman–Crippen MR) is 96.4 cm³/mol. The summed E-state index contributed by atoms with van der Waals surface area (Å²) in [5.74, 6) is 0.939. The molecule has 1 amide bonds. The first kappa shape index (κ1) is 21.0. The molecule has 0 unspecified atom stereocenters. The standard InChI is InChI=1S/C16H29N3O2.2ClH/c17-16(5-1-2-6-16)15(20)19-7-3-14(4-8-19)13-18-9-11-21-12-10-18;;/h14H,1-13,17H2;2*1H. The zero-order valence-electron chi connectivity index (χ0n) is 13.9. The first-order valence-electron chi connectivity index (χ1n) is 8.56. The van der Waals surface area contributed by atoms with Crippen LogP contribution in [0.4, 0.5) is 0 Å². The minimum Gasteiger partial charge on any atom is -0.379 e. The van der Waals surface area contributed by atoms with Gasteiger partial charge in [0.1, 0.15) is 0 Å². The van der Waals surface area contributed by atoms with Crippen LogP contribution in [0.25, 0.3) is 0 Å². The second-order valence-electron chi connectivity index (χ2n) is 7.01. The lowest BCUT2D eigenvalue weighted by molar-refractivity contribution is -0.138. The number of nitrogens with two attached hydrogens (primary N) is 1. The van der Waals surface area contributed by atoms with Gasteiger partial charge in [0.15, 0.2) is 0 Å². The molecule has 0 bridgehead atoms. The van der Waals surface area contributed by atoms with Crippen molar-refractivity contribution in [2.24, 2.45) is 11.7 Å². The van der Waals surface area contributed by atoms with Gasteiger partial charge in [0, 0.05) is 32.7 Å². The number of hydrogen-bond acceptors (Lipinski definition) is 4. The maximum atomic E-state index is 12.6. The van der Waals surface area contributed by atoms with Crippen LogP contribution in [0.3, 0.4) is 0 Å². The van der Waals surface area contributed by atoms with Crippen molar-refractivity contribution in [3.8, 4) is 0 Å². The molecule has 0 aromatic rings. The maximum absolute atomic E-state index is 12.6.